The molecule has 0 saturated heterocycles. The van der Waals surface area contributed by atoms with Gasteiger partial charge in [0.1, 0.15) is 11.8 Å². The van der Waals surface area contributed by atoms with Crippen LogP contribution in [0.4, 0.5) is 0 Å². The molecule has 20 heavy (non-hydrogen) atoms. The Morgan fingerprint density at radius 3 is 2.45 bits per heavy atom. The SMILES string of the molecule is CCOc1cc(C)c(-c2ncc(C#N)cc2C)cc1C. The maximum Gasteiger partial charge on any atom is 0.122 e. The number of benzene rings is 1. The van der Waals surface area contributed by atoms with E-state index >= 15 is 0 Å². The summed E-state index contributed by atoms with van der Waals surface area (Å²) in [5.41, 5.74) is 5.83. The van der Waals surface area contributed by atoms with E-state index < -0.39 is 0 Å². The van der Waals surface area contributed by atoms with Gasteiger partial charge in [0.25, 0.3) is 0 Å². The van der Waals surface area contributed by atoms with Gasteiger partial charge in [0.15, 0.2) is 0 Å². The smallest absolute Gasteiger partial charge is 0.122 e. The Hall–Kier alpha value is -2.34. The zero-order valence-electron chi connectivity index (χ0n) is 12.3. The van der Waals surface area contributed by atoms with Gasteiger partial charge in [-0.2, -0.15) is 5.26 Å². The normalized spacial score (nSPS) is 10.2. The van der Waals surface area contributed by atoms with E-state index in [-0.39, 0.29) is 0 Å². The number of aryl methyl sites for hydroxylation is 3. The maximum atomic E-state index is 8.91. The molecule has 1 heterocycles. The molecule has 0 aliphatic carbocycles. The molecule has 0 fully saturated rings. The predicted octanol–water partition coefficient (Wildman–Crippen LogP) is 3.94. The molecule has 0 saturated carbocycles. The Morgan fingerprint density at radius 1 is 1.10 bits per heavy atom. The van der Waals surface area contributed by atoms with Gasteiger partial charge in [-0.1, -0.05) is 0 Å². The standard InChI is InChI=1S/C17H18N2O/c1-5-20-16-8-11(2)15(7-12(16)3)17-13(4)6-14(9-18)10-19-17/h6-8,10H,5H2,1-4H3. The molecule has 0 bridgehead atoms. The summed E-state index contributed by atoms with van der Waals surface area (Å²) in [6.45, 7) is 8.71. The minimum Gasteiger partial charge on any atom is -0.494 e. The fourth-order valence-corrected chi connectivity index (χ4v) is 2.27. The molecule has 0 aliphatic rings. The summed E-state index contributed by atoms with van der Waals surface area (Å²) in [5, 5.41) is 8.91. The van der Waals surface area contributed by atoms with Crippen LogP contribution in [0.1, 0.15) is 29.2 Å². The number of rotatable bonds is 3. The third kappa shape index (κ3) is 2.65. The van der Waals surface area contributed by atoms with Crippen LogP contribution in [0.2, 0.25) is 0 Å². The first-order chi connectivity index (χ1) is 9.56. The molecule has 1 aromatic carbocycles. The van der Waals surface area contributed by atoms with Gasteiger partial charge in [0.05, 0.1) is 17.9 Å². The lowest BCUT2D eigenvalue weighted by atomic mass is 9.98. The quantitative estimate of drug-likeness (QED) is 0.845. The summed E-state index contributed by atoms with van der Waals surface area (Å²) in [6, 6.07) is 8.13. The van der Waals surface area contributed by atoms with Crippen molar-refractivity contribution in [3.8, 4) is 23.1 Å². The van der Waals surface area contributed by atoms with Crippen LogP contribution in [-0.2, 0) is 0 Å². The van der Waals surface area contributed by atoms with Gasteiger partial charge in [-0.3, -0.25) is 4.98 Å². The second-order valence-electron chi connectivity index (χ2n) is 4.87. The molecule has 2 rings (SSSR count). The highest BCUT2D eigenvalue weighted by Crippen LogP contribution is 2.31. The molecule has 3 nitrogen and oxygen atoms in total. The molecule has 3 heteroatoms. The van der Waals surface area contributed by atoms with Crippen LogP contribution >= 0.6 is 0 Å². The van der Waals surface area contributed by atoms with Crippen molar-refractivity contribution in [1.29, 1.82) is 5.26 Å². The lowest BCUT2D eigenvalue weighted by molar-refractivity contribution is 0.337. The third-order valence-corrected chi connectivity index (χ3v) is 3.28. The highest BCUT2D eigenvalue weighted by Gasteiger charge is 2.11. The summed E-state index contributed by atoms with van der Waals surface area (Å²) in [6.07, 6.45) is 1.62. The number of ether oxygens (including phenoxy) is 1. The van der Waals surface area contributed by atoms with Gasteiger partial charge < -0.3 is 4.74 Å². The van der Waals surface area contributed by atoms with Gasteiger partial charge in [0, 0.05) is 11.8 Å². The molecule has 2 aromatic rings. The van der Waals surface area contributed by atoms with E-state index in [1.807, 2.05) is 32.9 Å². The topological polar surface area (TPSA) is 45.9 Å². The minimum atomic E-state index is 0.589. The fourth-order valence-electron chi connectivity index (χ4n) is 2.27. The Bertz CT molecular complexity index is 684. The van der Waals surface area contributed by atoms with Crippen molar-refractivity contribution in [1.82, 2.24) is 4.98 Å². The van der Waals surface area contributed by atoms with Crippen molar-refractivity contribution in [2.45, 2.75) is 27.7 Å². The van der Waals surface area contributed by atoms with Crippen LogP contribution in [0.15, 0.2) is 24.4 Å². The molecular formula is C17H18N2O. The van der Waals surface area contributed by atoms with E-state index in [2.05, 4.69) is 24.0 Å². The first-order valence-electron chi connectivity index (χ1n) is 6.68. The second kappa shape index (κ2) is 5.75. The predicted molar refractivity (Wildman–Crippen MR) is 79.8 cm³/mol. The van der Waals surface area contributed by atoms with Gasteiger partial charge in [-0.05, 0) is 62.6 Å². The van der Waals surface area contributed by atoms with Crippen molar-refractivity contribution in [3.63, 3.8) is 0 Å². The lowest BCUT2D eigenvalue weighted by Crippen LogP contribution is -1.98. The van der Waals surface area contributed by atoms with E-state index in [9.17, 15) is 0 Å². The van der Waals surface area contributed by atoms with E-state index in [4.69, 9.17) is 10.00 Å². The van der Waals surface area contributed by atoms with Gasteiger partial charge in [-0.15, -0.1) is 0 Å². The maximum absolute atomic E-state index is 8.91. The second-order valence-corrected chi connectivity index (χ2v) is 4.87. The van der Waals surface area contributed by atoms with Crippen LogP contribution in [-0.4, -0.2) is 11.6 Å². The summed E-state index contributed by atoms with van der Waals surface area (Å²) < 4.78 is 5.61. The monoisotopic (exact) mass is 266 g/mol. The summed E-state index contributed by atoms with van der Waals surface area (Å²) >= 11 is 0. The van der Waals surface area contributed by atoms with Crippen LogP contribution < -0.4 is 4.74 Å². The summed E-state index contributed by atoms with van der Waals surface area (Å²) in [5.74, 6) is 0.917. The number of nitrogens with zero attached hydrogens (tertiary/aromatic N) is 2. The average Bonchev–Trinajstić information content (AvgIpc) is 2.43. The van der Waals surface area contributed by atoms with E-state index in [1.54, 1.807) is 6.20 Å². The van der Waals surface area contributed by atoms with Crippen LogP contribution in [0.25, 0.3) is 11.3 Å². The Kier molecular flexibility index (Phi) is 4.05. The molecule has 102 valence electrons. The molecule has 0 unspecified atom stereocenters. The number of aromatic nitrogens is 1. The molecule has 0 atom stereocenters. The van der Waals surface area contributed by atoms with Crippen LogP contribution in [0, 0.1) is 32.1 Å². The minimum absolute atomic E-state index is 0.589. The number of hydrogen-bond donors (Lipinski definition) is 0. The van der Waals surface area contributed by atoms with E-state index in [0.29, 0.717) is 12.2 Å². The number of pyridine rings is 1. The average molecular weight is 266 g/mol. The lowest BCUT2D eigenvalue weighted by Gasteiger charge is -2.13. The highest BCUT2D eigenvalue weighted by molar-refractivity contribution is 5.69. The summed E-state index contributed by atoms with van der Waals surface area (Å²) in [7, 11) is 0. The molecule has 1 aromatic heterocycles. The van der Waals surface area contributed by atoms with Gasteiger partial charge in [0.2, 0.25) is 0 Å². The number of nitriles is 1. The van der Waals surface area contributed by atoms with Crippen molar-refractivity contribution < 1.29 is 4.74 Å². The Labute approximate surface area is 119 Å². The van der Waals surface area contributed by atoms with E-state index in [1.165, 1.54) is 0 Å². The number of hydrogen-bond acceptors (Lipinski definition) is 3. The third-order valence-electron chi connectivity index (χ3n) is 3.28. The van der Waals surface area contributed by atoms with Crippen molar-refractivity contribution in [2.24, 2.45) is 0 Å². The fraction of sp³-hybridized carbons (Fsp3) is 0.294. The molecule has 0 spiro atoms. The first-order valence-corrected chi connectivity index (χ1v) is 6.68. The molecule has 0 N–H and O–H groups in total. The Balaban J connectivity index is 2.54. The molecule has 0 radical (unpaired) electrons. The first kappa shape index (κ1) is 14.1. The molecule has 0 amide bonds. The van der Waals surface area contributed by atoms with Crippen LogP contribution in [0.5, 0.6) is 5.75 Å². The highest BCUT2D eigenvalue weighted by atomic mass is 16.5. The molecular weight excluding hydrogens is 248 g/mol. The van der Waals surface area contributed by atoms with E-state index in [0.717, 1.165) is 33.7 Å². The van der Waals surface area contributed by atoms with Crippen LogP contribution in [0.3, 0.4) is 0 Å². The van der Waals surface area contributed by atoms with Crippen molar-refractivity contribution in [2.75, 3.05) is 6.61 Å². The van der Waals surface area contributed by atoms with Crippen molar-refractivity contribution >= 4 is 0 Å². The van der Waals surface area contributed by atoms with Gasteiger partial charge in [-0.25, -0.2) is 0 Å². The zero-order chi connectivity index (χ0) is 14.7. The summed E-state index contributed by atoms with van der Waals surface area (Å²) in [4.78, 5) is 4.43. The zero-order valence-corrected chi connectivity index (χ0v) is 12.3. The molecule has 0 aliphatic heterocycles. The Morgan fingerprint density at radius 2 is 1.85 bits per heavy atom. The van der Waals surface area contributed by atoms with Gasteiger partial charge >= 0.3 is 0 Å². The van der Waals surface area contributed by atoms with Crippen molar-refractivity contribution in [3.05, 3.63) is 46.6 Å². The largest absolute Gasteiger partial charge is 0.494 e.